The summed E-state index contributed by atoms with van der Waals surface area (Å²) in [5.41, 5.74) is 0.389. The van der Waals surface area contributed by atoms with Gasteiger partial charge in [-0.05, 0) is 11.1 Å². The van der Waals surface area contributed by atoms with Gasteiger partial charge in [0.2, 0.25) is 5.82 Å². The first-order valence-corrected chi connectivity index (χ1v) is 5.80. The zero-order valence-corrected chi connectivity index (χ0v) is 9.93. The van der Waals surface area contributed by atoms with Crippen LogP contribution < -0.4 is 0 Å². The molecule has 0 nitrogen and oxygen atoms in total. The zero-order chi connectivity index (χ0) is 14.4. The summed E-state index contributed by atoms with van der Waals surface area (Å²) in [4.78, 5) is 0. The monoisotopic (exact) mass is 282 g/mol. The summed E-state index contributed by atoms with van der Waals surface area (Å²) in [5, 5.41) is 0. The molecular weight excluding hydrogens is 275 g/mol. The summed E-state index contributed by atoms with van der Waals surface area (Å²) in [6.45, 7) is 0. The zero-order valence-electron chi connectivity index (χ0n) is 9.93. The molecule has 20 heavy (non-hydrogen) atoms. The fourth-order valence-electron chi connectivity index (χ4n) is 2.40. The number of allylic oxidation sites excluding steroid dienone is 1. The molecule has 0 spiro atoms. The van der Waals surface area contributed by atoms with E-state index in [9.17, 15) is 22.0 Å². The van der Waals surface area contributed by atoms with Crippen molar-refractivity contribution in [1.82, 2.24) is 0 Å². The van der Waals surface area contributed by atoms with Crippen molar-refractivity contribution in [3.63, 3.8) is 0 Å². The number of hydrogen-bond donors (Lipinski definition) is 0. The number of benzene rings is 2. The first-order chi connectivity index (χ1) is 9.52. The van der Waals surface area contributed by atoms with Crippen molar-refractivity contribution >= 4 is 6.08 Å². The van der Waals surface area contributed by atoms with Gasteiger partial charge in [0.1, 0.15) is 0 Å². The second kappa shape index (κ2) is 4.44. The third-order valence-electron chi connectivity index (χ3n) is 3.35. The Hall–Kier alpha value is -2.17. The Morgan fingerprint density at radius 3 is 1.90 bits per heavy atom. The van der Waals surface area contributed by atoms with Gasteiger partial charge in [0.15, 0.2) is 23.3 Å². The Kier molecular flexibility index (Phi) is 2.85. The van der Waals surface area contributed by atoms with Crippen LogP contribution in [0.3, 0.4) is 0 Å². The highest BCUT2D eigenvalue weighted by Gasteiger charge is 2.32. The Morgan fingerprint density at radius 2 is 1.25 bits per heavy atom. The Labute approximate surface area is 111 Å². The second-order valence-corrected chi connectivity index (χ2v) is 4.45. The highest BCUT2D eigenvalue weighted by atomic mass is 19.2. The summed E-state index contributed by atoms with van der Waals surface area (Å²) in [6, 6.07) is 6.67. The molecule has 1 atom stereocenters. The van der Waals surface area contributed by atoms with Gasteiger partial charge in [0.25, 0.3) is 0 Å². The Morgan fingerprint density at radius 1 is 0.700 bits per heavy atom. The fourth-order valence-corrected chi connectivity index (χ4v) is 2.40. The maximum absolute atomic E-state index is 13.8. The summed E-state index contributed by atoms with van der Waals surface area (Å²) < 4.78 is 67.1. The van der Waals surface area contributed by atoms with Gasteiger partial charge in [0, 0.05) is 11.5 Å². The van der Waals surface area contributed by atoms with Crippen molar-refractivity contribution in [2.75, 3.05) is 0 Å². The number of rotatable bonds is 1. The lowest BCUT2D eigenvalue weighted by molar-refractivity contribution is 0.369. The van der Waals surface area contributed by atoms with Gasteiger partial charge >= 0.3 is 0 Å². The van der Waals surface area contributed by atoms with Crippen molar-refractivity contribution in [1.29, 1.82) is 0 Å². The molecule has 3 rings (SSSR count). The number of halogens is 5. The molecule has 0 heterocycles. The van der Waals surface area contributed by atoms with Crippen LogP contribution in [-0.2, 0) is 0 Å². The van der Waals surface area contributed by atoms with E-state index in [4.69, 9.17) is 0 Å². The van der Waals surface area contributed by atoms with Crippen molar-refractivity contribution in [2.45, 2.75) is 5.92 Å². The lowest BCUT2D eigenvalue weighted by Gasteiger charge is -2.14. The van der Waals surface area contributed by atoms with Gasteiger partial charge in [-0.1, -0.05) is 36.4 Å². The minimum Gasteiger partial charge on any atom is -0.203 e. The third kappa shape index (κ3) is 1.66. The molecule has 0 N–H and O–H groups in total. The maximum atomic E-state index is 13.8. The molecule has 0 fully saturated rings. The quantitative estimate of drug-likeness (QED) is 0.409. The van der Waals surface area contributed by atoms with E-state index in [-0.39, 0.29) is 0 Å². The summed E-state index contributed by atoms with van der Waals surface area (Å²) in [7, 11) is 0. The number of fused-ring (bicyclic) bond motifs is 1. The highest BCUT2D eigenvalue weighted by Crippen LogP contribution is 2.39. The van der Waals surface area contributed by atoms with Crippen LogP contribution in [-0.4, -0.2) is 0 Å². The van der Waals surface area contributed by atoms with Gasteiger partial charge in [-0.2, -0.15) is 0 Å². The molecule has 0 aliphatic heterocycles. The molecule has 0 bridgehead atoms. The van der Waals surface area contributed by atoms with Crippen molar-refractivity contribution in [3.8, 4) is 0 Å². The van der Waals surface area contributed by atoms with E-state index in [0.717, 1.165) is 0 Å². The predicted octanol–water partition coefficient (Wildman–Crippen LogP) is 4.54. The van der Waals surface area contributed by atoms with Crippen LogP contribution in [0.1, 0.15) is 22.6 Å². The van der Waals surface area contributed by atoms with E-state index in [0.29, 0.717) is 11.1 Å². The summed E-state index contributed by atoms with van der Waals surface area (Å²) in [5.74, 6) is -10.5. The van der Waals surface area contributed by atoms with E-state index in [1.165, 1.54) is 6.08 Å². The minimum atomic E-state index is -2.14. The van der Waals surface area contributed by atoms with Crippen molar-refractivity contribution in [3.05, 3.63) is 76.1 Å². The topological polar surface area (TPSA) is 0 Å². The van der Waals surface area contributed by atoms with Crippen LogP contribution in [0, 0.1) is 29.1 Å². The Bertz CT molecular complexity index is 704. The van der Waals surface area contributed by atoms with Crippen LogP contribution >= 0.6 is 0 Å². The SMILES string of the molecule is Fc1c(F)c(F)c(C2C=Cc3ccccc32)c(F)c1F. The van der Waals surface area contributed by atoms with E-state index < -0.39 is 40.6 Å². The van der Waals surface area contributed by atoms with Crippen molar-refractivity contribution < 1.29 is 22.0 Å². The molecule has 0 aromatic heterocycles. The number of hydrogen-bond acceptors (Lipinski definition) is 0. The molecule has 0 saturated carbocycles. The molecule has 1 aliphatic carbocycles. The molecule has 0 amide bonds. The van der Waals surface area contributed by atoms with Gasteiger partial charge in [-0.25, -0.2) is 22.0 Å². The largest absolute Gasteiger partial charge is 0.203 e. The van der Waals surface area contributed by atoms with Crippen LogP contribution in [0.2, 0.25) is 0 Å². The van der Waals surface area contributed by atoms with Gasteiger partial charge in [0.05, 0.1) is 0 Å². The van der Waals surface area contributed by atoms with E-state index in [1.807, 2.05) is 0 Å². The standard InChI is InChI=1S/C15H7F5/c16-11-10(12(17)14(19)15(20)13(11)18)9-6-5-7-3-1-2-4-8(7)9/h1-6,9H. The lowest BCUT2D eigenvalue weighted by Crippen LogP contribution is -2.10. The van der Waals surface area contributed by atoms with Gasteiger partial charge < -0.3 is 0 Å². The minimum absolute atomic E-state index is 0.510. The molecule has 5 heteroatoms. The van der Waals surface area contributed by atoms with Crippen LogP contribution in [0.4, 0.5) is 22.0 Å². The summed E-state index contributed by atoms with van der Waals surface area (Å²) in [6.07, 6.45) is 3.01. The van der Waals surface area contributed by atoms with Crippen LogP contribution in [0.5, 0.6) is 0 Å². The van der Waals surface area contributed by atoms with E-state index in [1.54, 1.807) is 30.3 Å². The molecule has 1 aliphatic rings. The lowest BCUT2D eigenvalue weighted by atomic mass is 9.92. The van der Waals surface area contributed by atoms with Crippen LogP contribution in [0.15, 0.2) is 30.3 Å². The van der Waals surface area contributed by atoms with E-state index in [2.05, 4.69) is 0 Å². The third-order valence-corrected chi connectivity index (χ3v) is 3.35. The predicted molar refractivity (Wildman–Crippen MR) is 63.6 cm³/mol. The summed E-state index contributed by atoms with van der Waals surface area (Å²) >= 11 is 0. The normalized spacial score (nSPS) is 16.6. The Balaban J connectivity index is 2.26. The fraction of sp³-hybridized carbons (Fsp3) is 0.0667. The highest BCUT2D eigenvalue weighted by molar-refractivity contribution is 5.65. The smallest absolute Gasteiger partial charge is 0.200 e. The molecule has 102 valence electrons. The van der Waals surface area contributed by atoms with E-state index >= 15 is 0 Å². The van der Waals surface area contributed by atoms with Gasteiger partial charge in [-0.3, -0.25) is 0 Å². The first-order valence-electron chi connectivity index (χ1n) is 5.80. The molecule has 1 unspecified atom stereocenters. The molecular formula is C15H7F5. The maximum Gasteiger partial charge on any atom is 0.200 e. The van der Waals surface area contributed by atoms with Crippen LogP contribution in [0.25, 0.3) is 6.08 Å². The van der Waals surface area contributed by atoms with Crippen molar-refractivity contribution in [2.24, 2.45) is 0 Å². The molecule has 2 aromatic rings. The average Bonchev–Trinajstić information content (AvgIpc) is 2.87. The van der Waals surface area contributed by atoms with Gasteiger partial charge in [-0.15, -0.1) is 0 Å². The molecule has 0 saturated heterocycles. The second-order valence-electron chi connectivity index (χ2n) is 4.45. The molecule has 2 aromatic carbocycles. The first kappa shape index (κ1) is 12.8. The molecule has 0 radical (unpaired) electrons. The average molecular weight is 282 g/mol.